The zero-order valence-corrected chi connectivity index (χ0v) is 10.5. The summed E-state index contributed by atoms with van der Waals surface area (Å²) in [6.45, 7) is 0. The molecule has 0 saturated heterocycles. The summed E-state index contributed by atoms with van der Waals surface area (Å²) in [5, 5.41) is 5.89. The number of benzene rings is 1. The zero-order valence-electron chi connectivity index (χ0n) is 10.5. The minimum Gasteiger partial charge on any atom is -0.467 e. The van der Waals surface area contributed by atoms with Crippen molar-refractivity contribution in [1.29, 1.82) is 0 Å². The molecule has 2 aromatic rings. The number of amides is 2. The summed E-state index contributed by atoms with van der Waals surface area (Å²) in [5.41, 5.74) is 1.00. The molecule has 1 fully saturated rings. The van der Waals surface area contributed by atoms with Gasteiger partial charge in [0.15, 0.2) is 0 Å². The number of carbonyl (C=O) groups excluding carboxylic acids is 1. The molecule has 4 nitrogen and oxygen atoms in total. The van der Waals surface area contributed by atoms with Crippen LogP contribution < -0.4 is 10.6 Å². The van der Waals surface area contributed by atoms with Gasteiger partial charge in [0.1, 0.15) is 11.8 Å². The summed E-state index contributed by atoms with van der Waals surface area (Å²) in [6, 6.07) is 13.4. The highest BCUT2D eigenvalue weighted by atomic mass is 16.3. The van der Waals surface area contributed by atoms with Crippen LogP contribution in [0.1, 0.15) is 30.2 Å². The van der Waals surface area contributed by atoms with Gasteiger partial charge in [-0.15, -0.1) is 0 Å². The first-order chi connectivity index (χ1) is 9.33. The van der Waals surface area contributed by atoms with Crippen LogP contribution in [0.4, 0.5) is 4.79 Å². The van der Waals surface area contributed by atoms with Crippen molar-refractivity contribution >= 4 is 6.03 Å². The molecule has 1 aromatic carbocycles. The van der Waals surface area contributed by atoms with Crippen molar-refractivity contribution in [3.05, 3.63) is 60.1 Å². The smallest absolute Gasteiger partial charge is 0.315 e. The molecule has 98 valence electrons. The third kappa shape index (κ3) is 2.96. The molecule has 3 rings (SSSR count). The van der Waals surface area contributed by atoms with Gasteiger partial charge in [-0.3, -0.25) is 0 Å². The average Bonchev–Trinajstić information content (AvgIpc) is 3.08. The van der Waals surface area contributed by atoms with E-state index in [9.17, 15) is 4.79 Å². The standard InChI is InChI=1S/C15H16N2O2/c18-15(16-12-8-9-12)17-14(13-7-4-10-19-13)11-5-2-1-3-6-11/h1-7,10,12,14H,8-9H2,(H2,16,17,18). The van der Waals surface area contributed by atoms with Crippen molar-refractivity contribution in [3.8, 4) is 0 Å². The second kappa shape index (κ2) is 5.18. The first-order valence-electron chi connectivity index (χ1n) is 6.48. The number of carbonyl (C=O) groups is 1. The fourth-order valence-electron chi connectivity index (χ4n) is 2.01. The maximum absolute atomic E-state index is 11.9. The van der Waals surface area contributed by atoms with Crippen LogP contribution in [0, 0.1) is 0 Å². The van der Waals surface area contributed by atoms with Crippen LogP contribution in [0.5, 0.6) is 0 Å². The fourth-order valence-corrected chi connectivity index (χ4v) is 2.01. The molecule has 2 N–H and O–H groups in total. The molecule has 0 aliphatic heterocycles. The quantitative estimate of drug-likeness (QED) is 0.883. The van der Waals surface area contributed by atoms with Gasteiger partial charge >= 0.3 is 6.03 Å². The van der Waals surface area contributed by atoms with Gasteiger partial charge in [-0.2, -0.15) is 0 Å². The van der Waals surface area contributed by atoms with Crippen molar-refractivity contribution in [2.75, 3.05) is 0 Å². The van der Waals surface area contributed by atoms with Crippen LogP contribution >= 0.6 is 0 Å². The Bertz CT molecular complexity index is 533. The lowest BCUT2D eigenvalue weighted by molar-refractivity contribution is 0.236. The van der Waals surface area contributed by atoms with Crippen LogP contribution in [0.25, 0.3) is 0 Å². The molecule has 1 aromatic heterocycles. The molecular weight excluding hydrogens is 240 g/mol. The number of furan rings is 1. The summed E-state index contributed by atoms with van der Waals surface area (Å²) in [5.74, 6) is 0.733. The predicted octanol–water partition coefficient (Wildman–Crippen LogP) is 2.83. The minimum atomic E-state index is -0.255. The van der Waals surface area contributed by atoms with E-state index < -0.39 is 0 Å². The lowest BCUT2D eigenvalue weighted by Crippen LogP contribution is -2.39. The largest absolute Gasteiger partial charge is 0.467 e. The van der Waals surface area contributed by atoms with E-state index in [1.165, 1.54) is 0 Å². The van der Waals surface area contributed by atoms with Gasteiger partial charge in [-0.05, 0) is 30.5 Å². The summed E-state index contributed by atoms with van der Waals surface area (Å²) < 4.78 is 5.43. The van der Waals surface area contributed by atoms with E-state index >= 15 is 0 Å². The first-order valence-corrected chi connectivity index (χ1v) is 6.48. The van der Waals surface area contributed by atoms with Crippen LogP contribution in [0.15, 0.2) is 53.1 Å². The predicted molar refractivity (Wildman–Crippen MR) is 71.7 cm³/mol. The Kier molecular flexibility index (Phi) is 3.23. The van der Waals surface area contributed by atoms with Gasteiger partial charge in [0.25, 0.3) is 0 Å². The highest BCUT2D eigenvalue weighted by Crippen LogP contribution is 2.23. The molecule has 4 heteroatoms. The summed E-state index contributed by atoms with van der Waals surface area (Å²) >= 11 is 0. The molecule has 0 radical (unpaired) electrons. The van der Waals surface area contributed by atoms with Crippen LogP contribution in [0.2, 0.25) is 0 Å². The molecule has 0 spiro atoms. The first kappa shape index (κ1) is 11.8. The Morgan fingerprint density at radius 3 is 2.58 bits per heavy atom. The van der Waals surface area contributed by atoms with Gasteiger partial charge in [0, 0.05) is 6.04 Å². The van der Waals surface area contributed by atoms with E-state index in [1.54, 1.807) is 6.26 Å². The normalized spacial score (nSPS) is 15.8. The minimum absolute atomic E-state index is 0.146. The van der Waals surface area contributed by atoms with E-state index in [-0.39, 0.29) is 12.1 Å². The number of rotatable bonds is 4. The van der Waals surface area contributed by atoms with Crippen molar-refractivity contribution in [2.45, 2.75) is 24.9 Å². The molecule has 1 atom stereocenters. The molecule has 1 aliphatic carbocycles. The number of urea groups is 1. The summed E-state index contributed by atoms with van der Waals surface area (Å²) in [4.78, 5) is 11.9. The van der Waals surface area contributed by atoms with Crippen molar-refractivity contribution < 1.29 is 9.21 Å². The van der Waals surface area contributed by atoms with Crippen molar-refractivity contribution in [2.24, 2.45) is 0 Å². The maximum Gasteiger partial charge on any atom is 0.315 e. The Morgan fingerprint density at radius 1 is 1.16 bits per heavy atom. The van der Waals surface area contributed by atoms with Crippen LogP contribution in [0.3, 0.4) is 0 Å². The Hall–Kier alpha value is -2.23. The highest BCUT2D eigenvalue weighted by Gasteiger charge is 2.25. The van der Waals surface area contributed by atoms with E-state index in [0.29, 0.717) is 6.04 Å². The number of hydrogen-bond acceptors (Lipinski definition) is 2. The van der Waals surface area contributed by atoms with Crippen LogP contribution in [-0.2, 0) is 0 Å². The van der Waals surface area contributed by atoms with E-state index in [1.807, 2.05) is 42.5 Å². The molecule has 2 amide bonds. The lowest BCUT2D eigenvalue weighted by atomic mass is 10.1. The van der Waals surface area contributed by atoms with Gasteiger partial charge in [0.05, 0.1) is 6.26 Å². The second-order valence-corrected chi connectivity index (χ2v) is 4.75. The molecular formula is C15H16N2O2. The van der Waals surface area contributed by atoms with Crippen molar-refractivity contribution in [3.63, 3.8) is 0 Å². The van der Waals surface area contributed by atoms with Crippen molar-refractivity contribution in [1.82, 2.24) is 10.6 Å². The number of nitrogens with one attached hydrogen (secondary N) is 2. The molecule has 19 heavy (non-hydrogen) atoms. The van der Waals surface area contributed by atoms with E-state index in [0.717, 1.165) is 24.2 Å². The van der Waals surface area contributed by atoms with E-state index in [2.05, 4.69) is 10.6 Å². The fraction of sp³-hybridized carbons (Fsp3) is 0.267. The average molecular weight is 256 g/mol. The molecule has 1 unspecified atom stereocenters. The van der Waals surface area contributed by atoms with E-state index in [4.69, 9.17) is 4.42 Å². The zero-order chi connectivity index (χ0) is 13.1. The molecule has 1 aliphatic rings. The Balaban J connectivity index is 1.78. The van der Waals surface area contributed by atoms with Gasteiger partial charge < -0.3 is 15.1 Å². The van der Waals surface area contributed by atoms with Gasteiger partial charge in [-0.1, -0.05) is 30.3 Å². The Labute approximate surface area is 111 Å². The van der Waals surface area contributed by atoms with Gasteiger partial charge in [0.2, 0.25) is 0 Å². The highest BCUT2D eigenvalue weighted by molar-refractivity contribution is 5.75. The second-order valence-electron chi connectivity index (χ2n) is 4.75. The monoisotopic (exact) mass is 256 g/mol. The molecule has 1 saturated carbocycles. The van der Waals surface area contributed by atoms with Gasteiger partial charge in [-0.25, -0.2) is 4.79 Å². The van der Waals surface area contributed by atoms with Crippen LogP contribution in [-0.4, -0.2) is 12.1 Å². The summed E-state index contributed by atoms with van der Waals surface area (Å²) in [7, 11) is 0. The topological polar surface area (TPSA) is 54.3 Å². The third-order valence-electron chi connectivity index (χ3n) is 3.15. The molecule has 1 heterocycles. The lowest BCUT2D eigenvalue weighted by Gasteiger charge is -2.17. The maximum atomic E-state index is 11.9. The summed E-state index contributed by atoms with van der Waals surface area (Å²) in [6.07, 6.45) is 3.76. The third-order valence-corrected chi connectivity index (χ3v) is 3.15. The molecule has 0 bridgehead atoms. The SMILES string of the molecule is O=C(NC1CC1)NC(c1ccccc1)c1ccco1. The number of hydrogen-bond donors (Lipinski definition) is 2. The Morgan fingerprint density at radius 2 is 1.95 bits per heavy atom.